The zero-order chi connectivity index (χ0) is 13.9. The zero-order valence-electron chi connectivity index (χ0n) is 11.4. The Bertz CT molecular complexity index is 576. The standard InChI is InChI=1S/C18H18BrF/c19-18-15(12-13-8-10-16(20)11-9-13)6-3-5-14-4-1-2-7-17(14)18/h1-2,4,7-11,15,18H,3,5-6,12H2. The molecule has 1 aliphatic rings. The largest absolute Gasteiger partial charge is 0.207 e. The quantitative estimate of drug-likeness (QED) is 0.506. The van der Waals surface area contributed by atoms with Crippen molar-refractivity contribution < 1.29 is 4.39 Å². The fraction of sp³-hybridized carbons (Fsp3) is 0.333. The minimum absolute atomic E-state index is 0.157. The molecule has 0 saturated carbocycles. The summed E-state index contributed by atoms with van der Waals surface area (Å²) in [5, 5.41) is 0. The van der Waals surface area contributed by atoms with Crippen molar-refractivity contribution in [2.45, 2.75) is 30.5 Å². The highest BCUT2D eigenvalue weighted by atomic mass is 79.9. The molecule has 0 nitrogen and oxygen atoms in total. The molecule has 0 bridgehead atoms. The molecule has 0 aliphatic heterocycles. The van der Waals surface area contributed by atoms with Crippen molar-refractivity contribution in [2.75, 3.05) is 0 Å². The second-order valence-electron chi connectivity index (χ2n) is 5.58. The van der Waals surface area contributed by atoms with Crippen molar-refractivity contribution in [1.82, 2.24) is 0 Å². The summed E-state index contributed by atoms with van der Waals surface area (Å²) < 4.78 is 13.0. The van der Waals surface area contributed by atoms with Crippen molar-refractivity contribution in [1.29, 1.82) is 0 Å². The fourth-order valence-electron chi connectivity index (χ4n) is 3.11. The van der Waals surface area contributed by atoms with E-state index in [1.54, 1.807) is 12.1 Å². The summed E-state index contributed by atoms with van der Waals surface area (Å²) in [7, 11) is 0. The van der Waals surface area contributed by atoms with Crippen LogP contribution in [0.4, 0.5) is 4.39 Å². The maximum atomic E-state index is 13.0. The molecule has 0 N–H and O–H groups in total. The van der Waals surface area contributed by atoms with Crippen molar-refractivity contribution in [3.8, 4) is 0 Å². The molecule has 0 aromatic heterocycles. The normalized spacial score (nSPS) is 22.1. The Labute approximate surface area is 128 Å². The third-order valence-electron chi connectivity index (χ3n) is 4.20. The molecule has 2 aromatic rings. The molecule has 3 rings (SSSR count). The lowest BCUT2D eigenvalue weighted by Gasteiger charge is -2.21. The van der Waals surface area contributed by atoms with Crippen LogP contribution < -0.4 is 0 Å². The minimum Gasteiger partial charge on any atom is -0.207 e. The molecule has 0 saturated heterocycles. The van der Waals surface area contributed by atoms with Crippen LogP contribution in [0.25, 0.3) is 0 Å². The number of fused-ring (bicyclic) bond motifs is 1. The molecule has 1 aliphatic carbocycles. The maximum absolute atomic E-state index is 13.0. The van der Waals surface area contributed by atoms with E-state index in [0.717, 1.165) is 12.8 Å². The lowest BCUT2D eigenvalue weighted by atomic mass is 9.90. The molecule has 2 atom stereocenters. The van der Waals surface area contributed by atoms with Gasteiger partial charge in [-0.05, 0) is 60.4 Å². The van der Waals surface area contributed by atoms with Gasteiger partial charge in [0.15, 0.2) is 0 Å². The maximum Gasteiger partial charge on any atom is 0.123 e. The number of benzene rings is 2. The average Bonchev–Trinajstić information content (AvgIpc) is 2.62. The number of rotatable bonds is 2. The summed E-state index contributed by atoms with van der Waals surface area (Å²) in [6.45, 7) is 0. The topological polar surface area (TPSA) is 0 Å². The van der Waals surface area contributed by atoms with Gasteiger partial charge in [0, 0.05) is 4.83 Å². The van der Waals surface area contributed by atoms with Crippen LogP contribution in [0.1, 0.15) is 34.4 Å². The molecule has 0 fully saturated rings. The lowest BCUT2D eigenvalue weighted by Crippen LogP contribution is -2.10. The molecule has 20 heavy (non-hydrogen) atoms. The van der Waals surface area contributed by atoms with Crippen LogP contribution in [0, 0.1) is 11.7 Å². The van der Waals surface area contributed by atoms with Gasteiger partial charge in [-0.25, -0.2) is 4.39 Å². The number of halogens is 2. The highest BCUT2D eigenvalue weighted by Gasteiger charge is 2.25. The van der Waals surface area contributed by atoms with Gasteiger partial charge in [-0.3, -0.25) is 0 Å². The van der Waals surface area contributed by atoms with Gasteiger partial charge in [0.25, 0.3) is 0 Å². The van der Waals surface area contributed by atoms with Crippen LogP contribution >= 0.6 is 15.9 Å². The summed E-state index contributed by atoms with van der Waals surface area (Å²) in [5.41, 5.74) is 4.12. The molecule has 104 valence electrons. The summed E-state index contributed by atoms with van der Waals surface area (Å²) in [4.78, 5) is 0.395. The van der Waals surface area contributed by atoms with Crippen molar-refractivity contribution >= 4 is 15.9 Å². The van der Waals surface area contributed by atoms with Crippen LogP contribution in [0.2, 0.25) is 0 Å². The highest BCUT2D eigenvalue weighted by molar-refractivity contribution is 9.09. The van der Waals surface area contributed by atoms with E-state index in [1.807, 2.05) is 12.1 Å². The van der Waals surface area contributed by atoms with E-state index in [2.05, 4.69) is 40.2 Å². The van der Waals surface area contributed by atoms with Crippen LogP contribution in [0.3, 0.4) is 0 Å². The van der Waals surface area contributed by atoms with Gasteiger partial charge in [0.1, 0.15) is 5.82 Å². The fourth-order valence-corrected chi connectivity index (χ4v) is 4.01. The molecular formula is C18H18BrF. The monoisotopic (exact) mass is 332 g/mol. The Balaban J connectivity index is 1.82. The molecule has 0 amide bonds. The molecule has 0 heterocycles. The Morgan fingerprint density at radius 1 is 1.05 bits per heavy atom. The first-order chi connectivity index (χ1) is 9.74. The summed E-state index contributed by atoms with van der Waals surface area (Å²) in [5.74, 6) is 0.416. The van der Waals surface area contributed by atoms with Gasteiger partial charge in [0.2, 0.25) is 0 Å². The number of hydrogen-bond acceptors (Lipinski definition) is 0. The van der Waals surface area contributed by atoms with Gasteiger partial charge < -0.3 is 0 Å². The van der Waals surface area contributed by atoms with Crippen LogP contribution in [0.5, 0.6) is 0 Å². The Morgan fingerprint density at radius 2 is 1.80 bits per heavy atom. The number of hydrogen-bond donors (Lipinski definition) is 0. The van der Waals surface area contributed by atoms with E-state index >= 15 is 0 Å². The Morgan fingerprint density at radius 3 is 2.60 bits per heavy atom. The van der Waals surface area contributed by atoms with Crippen molar-refractivity contribution in [2.24, 2.45) is 5.92 Å². The second kappa shape index (κ2) is 6.09. The van der Waals surface area contributed by atoms with Gasteiger partial charge in [-0.2, -0.15) is 0 Å². The first-order valence-corrected chi connectivity index (χ1v) is 8.12. The summed E-state index contributed by atoms with van der Waals surface area (Å²) >= 11 is 3.90. The molecule has 2 unspecified atom stereocenters. The van der Waals surface area contributed by atoms with Gasteiger partial charge in [0.05, 0.1) is 0 Å². The third-order valence-corrected chi connectivity index (χ3v) is 5.44. The molecule has 0 radical (unpaired) electrons. The first-order valence-electron chi connectivity index (χ1n) is 7.20. The van der Waals surface area contributed by atoms with Crippen molar-refractivity contribution in [3.05, 3.63) is 71.0 Å². The predicted molar refractivity (Wildman–Crippen MR) is 84.6 cm³/mol. The van der Waals surface area contributed by atoms with E-state index in [-0.39, 0.29) is 5.82 Å². The van der Waals surface area contributed by atoms with Gasteiger partial charge in [-0.15, -0.1) is 0 Å². The summed E-state index contributed by atoms with van der Waals surface area (Å²) in [6, 6.07) is 15.7. The lowest BCUT2D eigenvalue weighted by molar-refractivity contribution is 0.474. The molecular weight excluding hydrogens is 315 g/mol. The summed E-state index contributed by atoms with van der Waals surface area (Å²) in [6.07, 6.45) is 4.61. The van der Waals surface area contributed by atoms with Crippen molar-refractivity contribution in [3.63, 3.8) is 0 Å². The first kappa shape index (κ1) is 13.8. The van der Waals surface area contributed by atoms with E-state index in [1.165, 1.54) is 29.5 Å². The number of aryl methyl sites for hydroxylation is 1. The van der Waals surface area contributed by atoms with Crippen LogP contribution in [-0.4, -0.2) is 0 Å². The van der Waals surface area contributed by atoms with Crippen LogP contribution in [0.15, 0.2) is 48.5 Å². The average molecular weight is 333 g/mol. The van der Waals surface area contributed by atoms with E-state index in [0.29, 0.717) is 10.7 Å². The molecule has 0 spiro atoms. The van der Waals surface area contributed by atoms with Gasteiger partial charge in [-0.1, -0.05) is 52.3 Å². The molecule has 2 heteroatoms. The minimum atomic E-state index is -0.157. The second-order valence-corrected chi connectivity index (χ2v) is 6.57. The highest BCUT2D eigenvalue weighted by Crippen LogP contribution is 2.40. The predicted octanol–water partition coefficient (Wildman–Crippen LogP) is 5.46. The molecule has 2 aromatic carbocycles. The number of alkyl halides is 1. The SMILES string of the molecule is Fc1ccc(CC2CCCc3ccccc3C2Br)cc1. The van der Waals surface area contributed by atoms with E-state index in [4.69, 9.17) is 0 Å². The smallest absolute Gasteiger partial charge is 0.123 e. The van der Waals surface area contributed by atoms with E-state index in [9.17, 15) is 4.39 Å². The zero-order valence-corrected chi connectivity index (χ0v) is 12.9. The third kappa shape index (κ3) is 2.95. The van der Waals surface area contributed by atoms with E-state index < -0.39 is 0 Å². The van der Waals surface area contributed by atoms with Crippen LogP contribution in [-0.2, 0) is 12.8 Å². The Hall–Kier alpha value is -1.15. The Kier molecular flexibility index (Phi) is 4.21. The van der Waals surface area contributed by atoms with Gasteiger partial charge >= 0.3 is 0 Å².